The summed E-state index contributed by atoms with van der Waals surface area (Å²) >= 11 is 0. The van der Waals surface area contributed by atoms with Crippen molar-refractivity contribution in [2.24, 2.45) is 0 Å². The molecule has 7 heteroatoms. The molecule has 0 aliphatic rings. The average molecular weight is 299 g/mol. The standard InChI is InChI=1S/C13H21N3O3S/c1-2-8-15-13(17)7-9-16-20(18,19)10-11-3-5-12(14)6-4-11/h3-6,16H,2,7-10,14H2,1H3,(H,15,17). The predicted molar refractivity (Wildman–Crippen MR) is 79.4 cm³/mol. The lowest BCUT2D eigenvalue weighted by Crippen LogP contribution is -2.31. The van der Waals surface area contributed by atoms with Crippen molar-refractivity contribution in [3.63, 3.8) is 0 Å². The molecule has 1 amide bonds. The first-order valence-electron chi connectivity index (χ1n) is 6.51. The van der Waals surface area contributed by atoms with Crippen LogP contribution in [-0.4, -0.2) is 27.4 Å². The van der Waals surface area contributed by atoms with E-state index in [-0.39, 0.29) is 24.6 Å². The number of nitrogens with two attached hydrogens (primary N) is 1. The Balaban J connectivity index is 2.38. The van der Waals surface area contributed by atoms with E-state index in [4.69, 9.17) is 5.73 Å². The molecule has 0 radical (unpaired) electrons. The lowest BCUT2D eigenvalue weighted by Gasteiger charge is -2.07. The maximum absolute atomic E-state index is 11.8. The number of amides is 1. The van der Waals surface area contributed by atoms with Gasteiger partial charge in [0.2, 0.25) is 15.9 Å². The molecule has 0 saturated heterocycles. The van der Waals surface area contributed by atoms with Crippen LogP contribution in [0.5, 0.6) is 0 Å². The molecule has 112 valence electrons. The molecule has 0 aliphatic carbocycles. The van der Waals surface area contributed by atoms with Gasteiger partial charge in [-0.1, -0.05) is 19.1 Å². The molecule has 0 atom stereocenters. The zero-order valence-corrected chi connectivity index (χ0v) is 12.4. The third-order valence-corrected chi connectivity index (χ3v) is 3.94. The van der Waals surface area contributed by atoms with Gasteiger partial charge in [0.15, 0.2) is 0 Å². The number of hydrogen-bond donors (Lipinski definition) is 3. The Hall–Kier alpha value is -1.60. The van der Waals surface area contributed by atoms with Crippen molar-refractivity contribution in [2.45, 2.75) is 25.5 Å². The van der Waals surface area contributed by atoms with Gasteiger partial charge in [-0.15, -0.1) is 0 Å². The number of sulfonamides is 1. The van der Waals surface area contributed by atoms with Crippen molar-refractivity contribution in [3.8, 4) is 0 Å². The SMILES string of the molecule is CCCNC(=O)CCNS(=O)(=O)Cc1ccc(N)cc1. The number of carbonyl (C=O) groups is 1. The van der Waals surface area contributed by atoms with Crippen LogP contribution in [0.2, 0.25) is 0 Å². The second-order valence-corrected chi connectivity index (χ2v) is 6.30. The van der Waals surface area contributed by atoms with Gasteiger partial charge in [0.1, 0.15) is 0 Å². The zero-order valence-electron chi connectivity index (χ0n) is 11.6. The van der Waals surface area contributed by atoms with Gasteiger partial charge in [0, 0.05) is 25.2 Å². The molecule has 0 saturated carbocycles. The first-order valence-corrected chi connectivity index (χ1v) is 8.16. The van der Waals surface area contributed by atoms with Crippen molar-refractivity contribution in [3.05, 3.63) is 29.8 Å². The predicted octanol–water partition coefficient (Wildman–Crippen LogP) is 0.605. The summed E-state index contributed by atoms with van der Waals surface area (Å²) in [5.41, 5.74) is 6.78. The topological polar surface area (TPSA) is 101 Å². The van der Waals surface area contributed by atoms with E-state index >= 15 is 0 Å². The lowest BCUT2D eigenvalue weighted by atomic mass is 10.2. The largest absolute Gasteiger partial charge is 0.399 e. The molecule has 1 aromatic rings. The monoisotopic (exact) mass is 299 g/mol. The molecular weight excluding hydrogens is 278 g/mol. The van der Waals surface area contributed by atoms with E-state index in [9.17, 15) is 13.2 Å². The second-order valence-electron chi connectivity index (χ2n) is 4.49. The smallest absolute Gasteiger partial charge is 0.221 e. The van der Waals surface area contributed by atoms with E-state index in [1.807, 2.05) is 6.92 Å². The van der Waals surface area contributed by atoms with Crippen molar-refractivity contribution in [1.29, 1.82) is 0 Å². The molecule has 6 nitrogen and oxygen atoms in total. The van der Waals surface area contributed by atoms with Crippen LogP contribution in [-0.2, 0) is 20.6 Å². The minimum absolute atomic E-state index is 0.104. The molecule has 0 unspecified atom stereocenters. The highest BCUT2D eigenvalue weighted by atomic mass is 32.2. The molecule has 0 aromatic heterocycles. The van der Waals surface area contributed by atoms with Crippen LogP contribution in [0.4, 0.5) is 5.69 Å². The fraction of sp³-hybridized carbons (Fsp3) is 0.462. The average Bonchev–Trinajstić information content (AvgIpc) is 2.38. The summed E-state index contributed by atoms with van der Waals surface area (Å²) in [4.78, 5) is 11.3. The minimum atomic E-state index is -3.43. The van der Waals surface area contributed by atoms with Gasteiger partial charge in [-0.2, -0.15) is 0 Å². The van der Waals surface area contributed by atoms with Crippen LogP contribution >= 0.6 is 0 Å². The third kappa shape index (κ3) is 6.53. The second kappa shape index (κ2) is 7.86. The van der Waals surface area contributed by atoms with Crippen LogP contribution < -0.4 is 15.8 Å². The summed E-state index contributed by atoms with van der Waals surface area (Å²) in [6, 6.07) is 6.65. The van der Waals surface area contributed by atoms with E-state index < -0.39 is 10.0 Å². The van der Waals surface area contributed by atoms with E-state index in [0.29, 0.717) is 17.8 Å². The summed E-state index contributed by atoms with van der Waals surface area (Å²) in [5.74, 6) is -0.272. The van der Waals surface area contributed by atoms with Crippen molar-refractivity contribution >= 4 is 21.6 Å². The maximum atomic E-state index is 11.8. The zero-order chi connectivity index (χ0) is 15.0. The van der Waals surface area contributed by atoms with Crippen molar-refractivity contribution < 1.29 is 13.2 Å². The summed E-state index contributed by atoms with van der Waals surface area (Å²) in [6.45, 7) is 2.67. The summed E-state index contributed by atoms with van der Waals surface area (Å²) in [7, 11) is -3.43. The first-order chi connectivity index (χ1) is 9.43. The maximum Gasteiger partial charge on any atom is 0.221 e. The van der Waals surface area contributed by atoms with Gasteiger partial charge in [-0.05, 0) is 24.1 Å². The molecule has 4 N–H and O–H groups in total. The van der Waals surface area contributed by atoms with Crippen LogP contribution in [0.25, 0.3) is 0 Å². The van der Waals surface area contributed by atoms with Gasteiger partial charge in [0.25, 0.3) is 0 Å². The molecular formula is C13H21N3O3S. The number of nitrogen functional groups attached to an aromatic ring is 1. The Morgan fingerprint density at radius 2 is 1.85 bits per heavy atom. The van der Waals surface area contributed by atoms with Gasteiger partial charge < -0.3 is 11.1 Å². The van der Waals surface area contributed by atoms with Crippen LogP contribution in [0, 0.1) is 0 Å². The van der Waals surface area contributed by atoms with E-state index in [1.165, 1.54) is 0 Å². The van der Waals surface area contributed by atoms with Crippen LogP contribution in [0.3, 0.4) is 0 Å². The van der Waals surface area contributed by atoms with Crippen LogP contribution in [0.15, 0.2) is 24.3 Å². The fourth-order valence-corrected chi connectivity index (χ4v) is 2.70. The summed E-state index contributed by atoms with van der Waals surface area (Å²) in [6.07, 6.45) is 0.996. The number of rotatable bonds is 8. The highest BCUT2D eigenvalue weighted by Gasteiger charge is 2.11. The van der Waals surface area contributed by atoms with E-state index in [1.54, 1.807) is 24.3 Å². The Morgan fingerprint density at radius 1 is 1.20 bits per heavy atom. The van der Waals surface area contributed by atoms with E-state index in [2.05, 4.69) is 10.0 Å². The molecule has 0 bridgehead atoms. The lowest BCUT2D eigenvalue weighted by molar-refractivity contribution is -0.120. The quantitative estimate of drug-likeness (QED) is 0.612. The normalized spacial score (nSPS) is 11.2. The Labute approximate surface area is 119 Å². The molecule has 20 heavy (non-hydrogen) atoms. The number of hydrogen-bond acceptors (Lipinski definition) is 4. The number of benzene rings is 1. The Morgan fingerprint density at radius 3 is 2.45 bits per heavy atom. The minimum Gasteiger partial charge on any atom is -0.399 e. The third-order valence-electron chi connectivity index (χ3n) is 2.58. The number of anilines is 1. The van der Waals surface area contributed by atoms with Gasteiger partial charge in [-0.3, -0.25) is 4.79 Å². The first kappa shape index (κ1) is 16.5. The number of carbonyl (C=O) groups excluding carboxylic acids is 1. The highest BCUT2D eigenvalue weighted by molar-refractivity contribution is 7.88. The molecule has 0 heterocycles. The molecule has 0 aliphatic heterocycles. The number of nitrogens with one attached hydrogen (secondary N) is 2. The fourth-order valence-electron chi connectivity index (χ4n) is 1.56. The van der Waals surface area contributed by atoms with Crippen molar-refractivity contribution in [2.75, 3.05) is 18.8 Å². The Bertz CT molecular complexity index is 526. The van der Waals surface area contributed by atoms with Crippen molar-refractivity contribution in [1.82, 2.24) is 10.0 Å². The van der Waals surface area contributed by atoms with E-state index in [0.717, 1.165) is 6.42 Å². The molecule has 0 spiro atoms. The Kier molecular flexibility index (Phi) is 6.47. The summed E-state index contributed by atoms with van der Waals surface area (Å²) < 4.78 is 26.0. The van der Waals surface area contributed by atoms with Gasteiger partial charge in [0.05, 0.1) is 5.75 Å². The molecule has 0 fully saturated rings. The molecule has 1 rings (SSSR count). The molecule has 1 aromatic carbocycles. The van der Waals surface area contributed by atoms with Gasteiger partial charge >= 0.3 is 0 Å². The summed E-state index contributed by atoms with van der Waals surface area (Å²) in [5, 5.41) is 2.69. The van der Waals surface area contributed by atoms with Crippen LogP contribution in [0.1, 0.15) is 25.3 Å². The van der Waals surface area contributed by atoms with Gasteiger partial charge in [-0.25, -0.2) is 13.1 Å². The highest BCUT2D eigenvalue weighted by Crippen LogP contribution is 2.08.